The third-order valence-corrected chi connectivity index (χ3v) is 6.01. The van der Waals surface area contributed by atoms with Gasteiger partial charge in [-0.3, -0.25) is 9.78 Å². The van der Waals surface area contributed by atoms with Gasteiger partial charge in [-0.2, -0.15) is 13.2 Å². The molecule has 182 valence electrons. The Balaban J connectivity index is 0.000000364. The highest BCUT2D eigenvalue weighted by Crippen LogP contribution is 2.60. The van der Waals surface area contributed by atoms with Gasteiger partial charge in [0, 0.05) is 35.0 Å². The highest BCUT2D eigenvalue weighted by Gasteiger charge is 2.61. The van der Waals surface area contributed by atoms with Crippen LogP contribution in [0.1, 0.15) is 18.4 Å². The Morgan fingerprint density at radius 3 is 2.31 bits per heavy atom. The van der Waals surface area contributed by atoms with E-state index in [9.17, 15) is 18.0 Å². The fourth-order valence-electron chi connectivity index (χ4n) is 4.22. The lowest BCUT2D eigenvalue weighted by molar-refractivity contribution is -0.192. The molecule has 2 atom stereocenters. The van der Waals surface area contributed by atoms with Crippen molar-refractivity contribution in [2.75, 3.05) is 17.2 Å². The lowest BCUT2D eigenvalue weighted by Gasteiger charge is -2.26. The molecule has 35 heavy (non-hydrogen) atoms. The average Bonchev–Trinajstić information content (AvgIpc) is 3.56. The summed E-state index contributed by atoms with van der Waals surface area (Å²) < 4.78 is 37.5. The van der Waals surface area contributed by atoms with E-state index in [1.54, 1.807) is 12.4 Å². The van der Waals surface area contributed by atoms with Gasteiger partial charge in [-0.05, 0) is 43.2 Å². The second-order valence-corrected chi connectivity index (χ2v) is 8.21. The molecule has 5 rings (SSSR count). The quantitative estimate of drug-likeness (QED) is 0.473. The van der Waals surface area contributed by atoms with Crippen LogP contribution in [0.2, 0.25) is 0 Å². The van der Waals surface area contributed by atoms with Crippen LogP contribution in [0.5, 0.6) is 5.75 Å². The summed E-state index contributed by atoms with van der Waals surface area (Å²) in [6, 6.07) is 19.7. The average molecular weight is 485 g/mol. The number of nitrogens with zero attached hydrogens (tertiary/aromatic N) is 1. The Bertz CT molecular complexity index is 1220. The maximum atomic E-state index is 13.1. The SMILES string of the molecule is O=C(Nc1ccccc1Nc1ccncc1)[C@@H]1C[C@]12CCOc1ccccc12.O=C(O)C(F)(F)F. The molecule has 0 unspecified atom stereocenters. The number of carboxylic acids is 1. The van der Waals surface area contributed by atoms with Gasteiger partial charge in [-0.1, -0.05) is 30.3 Å². The number of pyridine rings is 1. The number of hydrogen-bond acceptors (Lipinski definition) is 5. The maximum Gasteiger partial charge on any atom is 0.490 e. The fourth-order valence-corrected chi connectivity index (χ4v) is 4.22. The topological polar surface area (TPSA) is 101 Å². The molecule has 3 aromatic rings. The van der Waals surface area contributed by atoms with Gasteiger partial charge in [-0.25, -0.2) is 4.79 Å². The van der Waals surface area contributed by atoms with Crippen molar-refractivity contribution in [2.45, 2.75) is 24.4 Å². The fraction of sp³-hybridized carbons (Fsp3) is 0.240. The molecular weight excluding hydrogens is 463 g/mol. The summed E-state index contributed by atoms with van der Waals surface area (Å²) in [4.78, 5) is 26.0. The lowest BCUT2D eigenvalue weighted by atomic mass is 9.87. The minimum Gasteiger partial charge on any atom is -0.493 e. The molecule has 1 spiro atoms. The predicted molar refractivity (Wildman–Crippen MR) is 123 cm³/mol. The molecule has 10 heteroatoms. The van der Waals surface area contributed by atoms with Crippen molar-refractivity contribution in [3.63, 3.8) is 0 Å². The van der Waals surface area contributed by atoms with Crippen LogP contribution in [-0.4, -0.2) is 34.8 Å². The second-order valence-electron chi connectivity index (χ2n) is 8.21. The Kier molecular flexibility index (Phi) is 6.63. The van der Waals surface area contributed by atoms with Gasteiger partial charge in [0.25, 0.3) is 0 Å². The zero-order valence-corrected chi connectivity index (χ0v) is 18.4. The maximum absolute atomic E-state index is 13.1. The van der Waals surface area contributed by atoms with Gasteiger partial charge >= 0.3 is 12.1 Å². The zero-order chi connectivity index (χ0) is 25.1. The summed E-state index contributed by atoms with van der Waals surface area (Å²) in [7, 11) is 0. The van der Waals surface area contributed by atoms with Crippen molar-refractivity contribution < 1.29 is 32.6 Å². The van der Waals surface area contributed by atoms with Crippen LogP contribution in [0, 0.1) is 5.92 Å². The number of halogens is 3. The Labute approximate surface area is 199 Å². The minimum atomic E-state index is -5.08. The van der Waals surface area contributed by atoms with E-state index < -0.39 is 12.1 Å². The first-order valence-corrected chi connectivity index (χ1v) is 10.8. The standard InChI is InChI=1S/C23H21N3O2.C2HF3O2/c27-22(18-15-23(18)11-14-28-21-8-4-1-5-17(21)23)26-20-7-3-2-6-19(20)25-16-9-12-24-13-10-16;3-2(4,5)1(6)7/h1-10,12-13,18H,11,14-15H2,(H,24,25)(H,26,27);(H,6,7)/t18-,23-;/m0./s1. The predicted octanol–water partition coefficient (Wildman–Crippen LogP) is 5.14. The summed E-state index contributed by atoms with van der Waals surface area (Å²) in [6.07, 6.45) is 0.151. The van der Waals surface area contributed by atoms with Gasteiger partial charge in [-0.15, -0.1) is 0 Å². The monoisotopic (exact) mass is 485 g/mol. The first-order chi connectivity index (χ1) is 16.7. The van der Waals surface area contributed by atoms with Crippen LogP contribution in [-0.2, 0) is 15.0 Å². The van der Waals surface area contributed by atoms with Crippen molar-refractivity contribution in [3.8, 4) is 5.75 Å². The van der Waals surface area contributed by atoms with Crippen LogP contribution in [0.15, 0.2) is 73.1 Å². The summed E-state index contributed by atoms with van der Waals surface area (Å²) >= 11 is 0. The molecule has 7 nitrogen and oxygen atoms in total. The smallest absolute Gasteiger partial charge is 0.490 e. The number of benzene rings is 2. The van der Waals surface area contributed by atoms with Crippen LogP contribution < -0.4 is 15.4 Å². The normalized spacial score (nSPS) is 19.9. The van der Waals surface area contributed by atoms with Crippen molar-refractivity contribution in [3.05, 3.63) is 78.6 Å². The number of carboxylic acid groups (broad SMARTS) is 1. The Morgan fingerprint density at radius 2 is 1.63 bits per heavy atom. The number of alkyl halides is 3. The summed E-state index contributed by atoms with van der Waals surface area (Å²) in [5.74, 6) is -1.79. The molecule has 1 fully saturated rings. The van der Waals surface area contributed by atoms with Gasteiger partial charge < -0.3 is 20.5 Å². The molecule has 1 aliphatic heterocycles. The van der Waals surface area contributed by atoms with Crippen LogP contribution in [0.25, 0.3) is 0 Å². The van der Waals surface area contributed by atoms with Crippen LogP contribution in [0.3, 0.4) is 0 Å². The van der Waals surface area contributed by atoms with E-state index in [-0.39, 0.29) is 17.2 Å². The van der Waals surface area contributed by atoms with Crippen LogP contribution >= 0.6 is 0 Å². The Morgan fingerprint density at radius 1 is 1.00 bits per heavy atom. The molecule has 2 aromatic carbocycles. The van der Waals surface area contributed by atoms with E-state index in [0.29, 0.717) is 6.61 Å². The molecule has 0 saturated heterocycles. The number of rotatable bonds is 4. The highest BCUT2D eigenvalue weighted by molar-refractivity contribution is 5.99. The van der Waals surface area contributed by atoms with E-state index in [4.69, 9.17) is 14.6 Å². The number of anilines is 3. The Hall–Kier alpha value is -4.08. The molecule has 1 aliphatic carbocycles. The molecule has 0 bridgehead atoms. The summed E-state index contributed by atoms with van der Waals surface area (Å²) in [5.41, 5.74) is 3.67. The summed E-state index contributed by atoms with van der Waals surface area (Å²) in [5, 5.41) is 13.6. The molecule has 2 heterocycles. The third-order valence-electron chi connectivity index (χ3n) is 6.01. The molecule has 1 saturated carbocycles. The largest absolute Gasteiger partial charge is 0.493 e. The summed E-state index contributed by atoms with van der Waals surface area (Å²) in [6.45, 7) is 0.668. The first-order valence-electron chi connectivity index (χ1n) is 10.8. The van der Waals surface area contributed by atoms with Gasteiger partial charge in [0.05, 0.1) is 18.0 Å². The van der Waals surface area contributed by atoms with E-state index in [2.05, 4.69) is 21.7 Å². The van der Waals surface area contributed by atoms with E-state index >= 15 is 0 Å². The zero-order valence-electron chi connectivity index (χ0n) is 18.4. The van der Waals surface area contributed by atoms with Crippen LogP contribution in [0.4, 0.5) is 30.2 Å². The molecule has 1 aromatic heterocycles. The van der Waals surface area contributed by atoms with Gasteiger partial charge in [0.1, 0.15) is 5.75 Å². The molecular formula is C25H22F3N3O4. The van der Waals surface area contributed by atoms with Gasteiger partial charge in [0.2, 0.25) is 5.91 Å². The second kappa shape index (κ2) is 9.65. The van der Waals surface area contributed by atoms with Crippen molar-refractivity contribution in [1.82, 2.24) is 4.98 Å². The number of para-hydroxylation sites is 3. The third kappa shape index (κ3) is 5.37. The van der Waals surface area contributed by atoms with Crippen molar-refractivity contribution in [1.29, 1.82) is 0 Å². The van der Waals surface area contributed by atoms with E-state index in [1.165, 1.54) is 5.56 Å². The van der Waals surface area contributed by atoms with Crippen molar-refractivity contribution in [2.24, 2.45) is 5.92 Å². The van der Waals surface area contributed by atoms with E-state index in [1.807, 2.05) is 54.6 Å². The first kappa shape index (κ1) is 24.1. The number of carbonyl (C=O) groups excluding carboxylic acids is 1. The van der Waals surface area contributed by atoms with Gasteiger partial charge in [0.15, 0.2) is 0 Å². The number of carbonyl (C=O) groups is 2. The number of aromatic nitrogens is 1. The molecule has 2 aliphatic rings. The number of amides is 1. The lowest BCUT2D eigenvalue weighted by Crippen LogP contribution is -2.26. The number of aliphatic carboxylic acids is 1. The number of fused-ring (bicyclic) bond motifs is 2. The van der Waals surface area contributed by atoms with Crippen molar-refractivity contribution >= 4 is 28.9 Å². The number of ether oxygens (including phenoxy) is 1. The molecule has 1 amide bonds. The minimum absolute atomic E-state index is 0.0217. The highest BCUT2D eigenvalue weighted by atomic mass is 19.4. The number of hydrogen-bond donors (Lipinski definition) is 3. The molecule has 3 N–H and O–H groups in total. The number of nitrogens with one attached hydrogen (secondary N) is 2. The molecule has 0 radical (unpaired) electrons. The van der Waals surface area contributed by atoms with E-state index in [0.717, 1.165) is 35.7 Å².